The van der Waals surface area contributed by atoms with Crippen molar-refractivity contribution in [3.63, 3.8) is 0 Å². The minimum absolute atomic E-state index is 0.103. The zero-order valence-corrected chi connectivity index (χ0v) is 22.0. The monoisotopic (exact) mass is 537 g/mol. The van der Waals surface area contributed by atoms with Crippen molar-refractivity contribution in [2.24, 2.45) is 0 Å². The Labute approximate surface area is 223 Å². The average molecular weight is 538 g/mol. The highest BCUT2D eigenvalue weighted by atomic mass is 32.2. The number of rotatable bonds is 8. The molecule has 0 saturated carbocycles. The van der Waals surface area contributed by atoms with Gasteiger partial charge in [-0.3, -0.25) is 14.0 Å². The second-order valence-electron chi connectivity index (χ2n) is 9.21. The number of para-hydroxylation sites is 2. The number of carbonyl (C=O) groups is 1. The van der Waals surface area contributed by atoms with Crippen LogP contribution in [0.5, 0.6) is 11.5 Å². The quantitative estimate of drug-likeness (QED) is 0.472. The van der Waals surface area contributed by atoms with E-state index in [9.17, 15) is 13.2 Å². The minimum atomic E-state index is -3.95. The van der Waals surface area contributed by atoms with Crippen molar-refractivity contribution in [2.75, 3.05) is 44.3 Å². The van der Waals surface area contributed by atoms with Gasteiger partial charge < -0.3 is 19.5 Å². The van der Waals surface area contributed by atoms with Crippen LogP contribution in [-0.2, 0) is 32.6 Å². The van der Waals surface area contributed by atoms with Gasteiger partial charge in [-0.25, -0.2) is 8.42 Å². The Morgan fingerprint density at radius 2 is 1.66 bits per heavy atom. The number of methoxy groups -OCH3 is 1. The molecule has 3 aromatic carbocycles. The number of anilines is 1. The zero-order valence-electron chi connectivity index (χ0n) is 21.2. The number of hydrogen-bond donors (Lipinski definition) is 1. The largest absolute Gasteiger partial charge is 0.497 e. The molecule has 0 aliphatic carbocycles. The third kappa shape index (κ3) is 5.77. The lowest BCUT2D eigenvalue weighted by atomic mass is 10.1. The molecule has 1 saturated heterocycles. The van der Waals surface area contributed by atoms with Crippen molar-refractivity contribution < 1.29 is 27.4 Å². The number of sulfonamides is 1. The molecule has 200 valence electrons. The Hall–Kier alpha value is -3.60. The Morgan fingerprint density at radius 3 is 2.37 bits per heavy atom. The molecule has 0 spiro atoms. The van der Waals surface area contributed by atoms with Crippen molar-refractivity contribution in [3.8, 4) is 11.5 Å². The Bertz CT molecular complexity index is 1360. The maximum Gasteiger partial charge on any atom is 0.264 e. The summed E-state index contributed by atoms with van der Waals surface area (Å²) in [5.41, 5.74) is 2.54. The van der Waals surface area contributed by atoms with E-state index in [0.717, 1.165) is 38.4 Å². The summed E-state index contributed by atoms with van der Waals surface area (Å²) < 4.78 is 44.8. The van der Waals surface area contributed by atoms with Crippen molar-refractivity contribution in [3.05, 3.63) is 83.9 Å². The normalized spacial score (nSPS) is 17.8. The number of amides is 1. The van der Waals surface area contributed by atoms with E-state index in [1.807, 2.05) is 12.1 Å². The van der Waals surface area contributed by atoms with Crippen molar-refractivity contribution in [1.29, 1.82) is 0 Å². The van der Waals surface area contributed by atoms with Gasteiger partial charge in [0.1, 0.15) is 11.5 Å². The van der Waals surface area contributed by atoms with Crippen LogP contribution in [0.1, 0.15) is 11.1 Å². The molecule has 1 N–H and O–H groups in total. The summed E-state index contributed by atoms with van der Waals surface area (Å²) >= 11 is 0. The van der Waals surface area contributed by atoms with E-state index in [2.05, 4.69) is 22.3 Å². The van der Waals surface area contributed by atoms with Gasteiger partial charge in [0.05, 0.1) is 37.5 Å². The molecule has 1 fully saturated rings. The molecule has 5 rings (SSSR count). The van der Waals surface area contributed by atoms with Crippen molar-refractivity contribution in [1.82, 2.24) is 10.2 Å². The van der Waals surface area contributed by atoms with Crippen LogP contribution in [0.3, 0.4) is 0 Å². The van der Waals surface area contributed by atoms with Gasteiger partial charge in [-0.05, 0) is 47.5 Å². The predicted molar refractivity (Wildman–Crippen MR) is 143 cm³/mol. The average Bonchev–Trinajstić information content (AvgIpc) is 2.96. The molecule has 0 aromatic heterocycles. The zero-order chi connectivity index (χ0) is 26.5. The number of carbonyl (C=O) groups excluding carboxylic acids is 1. The lowest BCUT2D eigenvalue weighted by Crippen LogP contribution is -2.50. The van der Waals surface area contributed by atoms with E-state index in [1.165, 1.54) is 29.1 Å². The second-order valence-corrected chi connectivity index (χ2v) is 11.1. The van der Waals surface area contributed by atoms with Crippen molar-refractivity contribution in [2.45, 2.75) is 24.1 Å². The van der Waals surface area contributed by atoms with Crippen LogP contribution in [0.15, 0.2) is 77.7 Å². The molecule has 38 heavy (non-hydrogen) atoms. The summed E-state index contributed by atoms with van der Waals surface area (Å²) in [6.45, 7) is 4.40. The van der Waals surface area contributed by atoms with Gasteiger partial charge in [0.15, 0.2) is 6.10 Å². The van der Waals surface area contributed by atoms with E-state index < -0.39 is 16.1 Å². The summed E-state index contributed by atoms with van der Waals surface area (Å²) in [7, 11) is -2.43. The summed E-state index contributed by atoms with van der Waals surface area (Å²) in [5.74, 6) is 0.507. The number of benzene rings is 3. The van der Waals surface area contributed by atoms with Crippen LogP contribution in [0.4, 0.5) is 5.69 Å². The first-order valence-corrected chi connectivity index (χ1v) is 14.0. The summed E-state index contributed by atoms with van der Waals surface area (Å²) in [5, 5.41) is 2.90. The highest BCUT2D eigenvalue weighted by Gasteiger charge is 2.37. The molecule has 0 radical (unpaired) electrons. The second kappa shape index (κ2) is 11.4. The molecule has 2 aliphatic rings. The van der Waals surface area contributed by atoms with Gasteiger partial charge in [-0.1, -0.05) is 36.4 Å². The Balaban J connectivity index is 1.26. The van der Waals surface area contributed by atoms with Crippen LogP contribution in [-0.4, -0.2) is 65.3 Å². The standard InChI is InChI=1S/C28H31N3O6S/c1-35-23-10-12-24(13-11-23)38(33,34)31-20-27(37-26-5-3-2-4-25(26)31)28(32)29-18-21-6-8-22(9-7-21)19-30-14-16-36-17-15-30/h2-13,27H,14-20H2,1H3,(H,29,32). The maximum absolute atomic E-state index is 13.6. The van der Waals surface area contributed by atoms with Crippen molar-refractivity contribution >= 4 is 21.6 Å². The van der Waals surface area contributed by atoms with Crippen LogP contribution < -0.4 is 19.1 Å². The number of fused-ring (bicyclic) bond motifs is 1. The molecular weight excluding hydrogens is 506 g/mol. The van der Waals surface area contributed by atoms with Gasteiger partial charge in [-0.2, -0.15) is 0 Å². The van der Waals surface area contributed by atoms with Gasteiger partial charge in [0.25, 0.3) is 15.9 Å². The lowest BCUT2D eigenvalue weighted by Gasteiger charge is -2.34. The first-order chi connectivity index (χ1) is 18.4. The summed E-state index contributed by atoms with van der Waals surface area (Å²) in [6.07, 6.45) is -1.00. The summed E-state index contributed by atoms with van der Waals surface area (Å²) in [4.78, 5) is 15.6. The first kappa shape index (κ1) is 26.0. The highest BCUT2D eigenvalue weighted by molar-refractivity contribution is 7.92. The molecule has 3 aromatic rings. The van der Waals surface area contributed by atoms with E-state index in [0.29, 0.717) is 23.7 Å². The smallest absolute Gasteiger partial charge is 0.264 e. The molecule has 0 bridgehead atoms. The highest BCUT2D eigenvalue weighted by Crippen LogP contribution is 2.37. The SMILES string of the molecule is COc1ccc(S(=O)(=O)N2CC(C(=O)NCc3ccc(CN4CCOCC4)cc3)Oc3ccccc32)cc1. The molecule has 1 amide bonds. The lowest BCUT2D eigenvalue weighted by molar-refractivity contribution is -0.127. The number of nitrogens with zero attached hydrogens (tertiary/aromatic N) is 2. The predicted octanol–water partition coefficient (Wildman–Crippen LogP) is 2.80. The van der Waals surface area contributed by atoms with E-state index >= 15 is 0 Å². The topological polar surface area (TPSA) is 97.4 Å². The van der Waals surface area contributed by atoms with Crippen LogP contribution in [0, 0.1) is 0 Å². The number of nitrogens with one attached hydrogen (secondary N) is 1. The maximum atomic E-state index is 13.6. The molecule has 2 aliphatic heterocycles. The molecule has 10 heteroatoms. The van der Waals surface area contributed by atoms with Gasteiger partial charge in [-0.15, -0.1) is 0 Å². The fraction of sp³-hybridized carbons (Fsp3) is 0.321. The molecule has 1 atom stereocenters. The first-order valence-electron chi connectivity index (χ1n) is 12.5. The van der Waals surface area contributed by atoms with Crippen LogP contribution >= 0.6 is 0 Å². The van der Waals surface area contributed by atoms with Crippen LogP contribution in [0.25, 0.3) is 0 Å². The van der Waals surface area contributed by atoms with E-state index in [-0.39, 0.29) is 17.3 Å². The third-order valence-corrected chi connectivity index (χ3v) is 8.47. The number of ether oxygens (including phenoxy) is 3. The molecule has 9 nitrogen and oxygen atoms in total. The Kier molecular flexibility index (Phi) is 7.82. The fourth-order valence-corrected chi connectivity index (χ4v) is 6.00. The number of hydrogen-bond acceptors (Lipinski definition) is 7. The Morgan fingerprint density at radius 1 is 0.974 bits per heavy atom. The van der Waals surface area contributed by atoms with Gasteiger partial charge >= 0.3 is 0 Å². The van der Waals surface area contributed by atoms with Crippen LogP contribution in [0.2, 0.25) is 0 Å². The van der Waals surface area contributed by atoms with E-state index in [1.54, 1.807) is 36.4 Å². The third-order valence-electron chi connectivity index (χ3n) is 6.67. The minimum Gasteiger partial charge on any atom is -0.497 e. The molecule has 2 heterocycles. The van der Waals surface area contributed by atoms with Gasteiger partial charge in [0.2, 0.25) is 0 Å². The number of morpholine rings is 1. The summed E-state index contributed by atoms with van der Waals surface area (Å²) in [6, 6.07) is 21.1. The van der Waals surface area contributed by atoms with E-state index in [4.69, 9.17) is 14.2 Å². The molecule has 1 unspecified atom stereocenters. The van der Waals surface area contributed by atoms with Gasteiger partial charge in [0, 0.05) is 26.2 Å². The fourth-order valence-electron chi connectivity index (χ4n) is 4.52. The molecular formula is C28H31N3O6S.